The fourth-order valence-electron chi connectivity index (χ4n) is 4.55. The van der Waals surface area contributed by atoms with Gasteiger partial charge < -0.3 is 15.0 Å². The van der Waals surface area contributed by atoms with Gasteiger partial charge in [-0.2, -0.15) is 5.14 Å². The van der Waals surface area contributed by atoms with Gasteiger partial charge in [-0.25, -0.2) is 0 Å². The Morgan fingerprint density at radius 1 is 1.31 bits per heavy atom. The van der Waals surface area contributed by atoms with Crippen molar-refractivity contribution in [1.82, 2.24) is 10.2 Å². The summed E-state index contributed by atoms with van der Waals surface area (Å²) in [5.41, 5.74) is 0.718. The first kappa shape index (κ1) is 23.0. The normalized spacial score (nSPS) is 23.8. The van der Waals surface area contributed by atoms with E-state index in [1.807, 2.05) is 13.8 Å². The average Bonchev–Trinajstić information content (AvgIpc) is 3.09. The van der Waals surface area contributed by atoms with Crippen LogP contribution in [0.4, 0.5) is 0 Å². The summed E-state index contributed by atoms with van der Waals surface area (Å²) in [5.74, 6) is 0.399. The topological polar surface area (TPSA) is 102 Å². The molecule has 2 heterocycles. The fourth-order valence-corrected chi connectivity index (χ4v) is 5.23. The Hall–Kier alpha value is -0.700. The van der Waals surface area contributed by atoms with Crippen LogP contribution in [0.3, 0.4) is 0 Å². The molecule has 0 aliphatic carbocycles. The maximum Gasteiger partial charge on any atom is 0.237 e. The van der Waals surface area contributed by atoms with Gasteiger partial charge in [0.1, 0.15) is 10.5 Å². The zero-order chi connectivity index (χ0) is 21.3. The van der Waals surface area contributed by atoms with Gasteiger partial charge in [0.15, 0.2) is 0 Å². The second kappa shape index (κ2) is 9.20. The zero-order valence-electron chi connectivity index (χ0n) is 16.8. The molecule has 6 nitrogen and oxygen atoms in total. The van der Waals surface area contributed by atoms with Crippen LogP contribution >= 0.6 is 23.2 Å². The standard InChI is InChI=1S/C20H29Cl2N3O3S/c1-20(2,29(23)28)11-14(13-9-15(21)16(22)10-18(13)26)12-4-7-25(8-5-12)17-3-6-24-19(17)27/h9-10,12,14,17,26H,3-8,11,23H2,1-2H3,(H,24,27). The molecule has 2 saturated heterocycles. The van der Waals surface area contributed by atoms with E-state index in [0.717, 1.165) is 44.5 Å². The lowest BCUT2D eigenvalue weighted by atomic mass is 9.75. The first-order chi connectivity index (χ1) is 13.6. The number of benzene rings is 1. The lowest BCUT2D eigenvalue weighted by Gasteiger charge is -2.40. The molecule has 0 bridgehead atoms. The van der Waals surface area contributed by atoms with Gasteiger partial charge >= 0.3 is 0 Å². The van der Waals surface area contributed by atoms with E-state index in [4.69, 9.17) is 28.3 Å². The number of phenolic OH excluding ortho intramolecular Hbond substituents is 1. The molecule has 9 heteroatoms. The van der Waals surface area contributed by atoms with Crippen molar-refractivity contribution in [2.45, 2.75) is 56.2 Å². The molecule has 1 amide bonds. The largest absolute Gasteiger partial charge is 0.598 e. The average molecular weight is 462 g/mol. The number of nitrogens with zero attached hydrogens (tertiary/aromatic N) is 1. The number of carbonyl (C=O) groups excluding carboxylic acids is 1. The molecule has 1 aromatic rings. The number of nitrogens with one attached hydrogen (secondary N) is 1. The first-order valence-electron chi connectivity index (χ1n) is 9.96. The molecule has 3 unspecified atom stereocenters. The Morgan fingerprint density at radius 2 is 1.93 bits per heavy atom. The quantitative estimate of drug-likeness (QED) is 0.564. The molecule has 3 rings (SSSR count). The highest BCUT2D eigenvalue weighted by molar-refractivity contribution is 7.90. The van der Waals surface area contributed by atoms with Gasteiger partial charge in [0, 0.05) is 30.4 Å². The van der Waals surface area contributed by atoms with Crippen LogP contribution in [0.2, 0.25) is 10.0 Å². The molecular weight excluding hydrogens is 433 g/mol. The molecule has 0 aromatic heterocycles. The highest BCUT2D eigenvalue weighted by Crippen LogP contribution is 2.45. The summed E-state index contributed by atoms with van der Waals surface area (Å²) in [6, 6.07) is 3.15. The zero-order valence-corrected chi connectivity index (χ0v) is 19.1. The minimum absolute atomic E-state index is 0.0410. The van der Waals surface area contributed by atoms with Crippen molar-refractivity contribution in [3.05, 3.63) is 27.7 Å². The van der Waals surface area contributed by atoms with Crippen LogP contribution < -0.4 is 10.5 Å². The Bertz CT molecular complexity index is 755. The third-order valence-corrected chi connectivity index (χ3v) is 8.31. The summed E-state index contributed by atoms with van der Waals surface area (Å²) >= 11 is 10.8. The van der Waals surface area contributed by atoms with Gasteiger partial charge in [-0.3, -0.25) is 9.69 Å². The smallest absolute Gasteiger partial charge is 0.237 e. The van der Waals surface area contributed by atoms with E-state index < -0.39 is 16.1 Å². The van der Waals surface area contributed by atoms with Gasteiger partial charge in [0.2, 0.25) is 5.91 Å². The molecule has 0 radical (unpaired) electrons. The van der Waals surface area contributed by atoms with Crippen LogP contribution in [-0.2, 0) is 16.2 Å². The second-order valence-electron chi connectivity index (χ2n) is 8.66. The number of nitrogens with two attached hydrogens (primary N) is 1. The molecule has 1 aromatic carbocycles. The third-order valence-electron chi connectivity index (χ3n) is 6.33. The predicted octanol–water partition coefficient (Wildman–Crippen LogP) is 3.17. The van der Waals surface area contributed by atoms with Gasteiger partial charge in [0.05, 0.1) is 16.1 Å². The van der Waals surface area contributed by atoms with E-state index in [0.29, 0.717) is 16.5 Å². The van der Waals surface area contributed by atoms with Gasteiger partial charge in [0.25, 0.3) is 0 Å². The fraction of sp³-hybridized carbons (Fsp3) is 0.650. The number of hydrogen-bond acceptors (Lipinski definition) is 5. The maximum absolute atomic E-state index is 12.1. The molecule has 3 atom stereocenters. The molecule has 29 heavy (non-hydrogen) atoms. The number of aromatic hydroxyl groups is 1. The number of rotatable bonds is 6. The number of piperidine rings is 1. The number of halogens is 2. The summed E-state index contributed by atoms with van der Waals surface area (Å²) < 4.78 is 11.5. The van der Waals surface area contributed by atoms with Crippen LogP contribution in [0, 0.1) is 5.92 Å². The molecule has 4 N–H and O–H groups in total. The van der Waals surface area contributed by atoms with Crippen LogP contribution in [-0.4, -0.2) is 50.9 Å². The highest BCUT2D eigenvalue weighted by atomic mass is 35.5. The van der Waals surface area contributed by atoms with Crippen molar-refractivity contribution in [2.75, 3.05) is 19.6 Å². The van der Waals surface area contributed by atoms with Crippen molar-refractivity contribution in [3.63, 3.8) is 0 Å². The SMILES string of the molecule is CC(C)(CC(c1cc(Cl)c(Cl)cc1O)C1CCN(C2CCNC2=O)CC1)[S+](N)[O-]. The molecule has 2 fully saturated rings. The predicted molar refractivity (Wildman–Crippen MR) is 118 cm³/mol. The Labute approximate surface area is 185 Å². The van der Waals surface area contributed by atoms with Crippen LogP contribution in [0.15, 0.2) is 12.1 Å². The third kappa shape index (κ3) is 5.14. The lowest BCUT2D eigenvalue weighted by molar-refractivity contribution is -0.124. The van der Waals surface area contributed by atoms with Gasteiger partial charge in [-0.05, 0) is 69.7 Å². The highest BCUT2D eigenvalue weighted by Gasteiger charge is 2.40. The molecule has 162 valence electrons. The van der Waals surface area contributed by atoms with E-state index in [1.165, 1.54) is 6.07 Å². The summed E-state index contributed by atoms with van der Waals surface area (Å²) in [6.45, 7) is 6.12. The molecule has 0 spiro atoms. The number of likely N-dealkylation sites (tertiary alicyclic amines) is 1. The van der Waals surface area contributed by atoms with Crippen LogP contribution in [0.25, 0.3) is 0 Å². The van der Waals surface area contributed by atoms with Crippen molar-refractivity contribution in [1.29, 1.82) is 0 Å². The van der Waals surface area contributed by atoms with E-state index in [2.05, 4.69) is 10.2 Å². The van der Waals surface area contributed by atoms with Crippen molar-refractivity contribution >= 4 is 40.5 Å². The van der Waals surface area contributed by atoms with Crippen molar-refractivity contribution in [3.8, 4) is 5.75 Å². The first-order valence-corrected chi connectivity index (χ1v) is 11.9. The second-order valence-corrected chi connectivity index (χ2v) is 11.2. The minimum atomic E-state index is -1.51. The molecule has 2 aliphatic heterocycles. The van der Waals surface area contributed by atoms with Gasteiger partial charge in [-0.1, -0.05) is 23.2 Å². The lowest BCUT2D eigenvalue weighted by Crippen LogP contribution is -2.46. The molecule has 0 saturated carbocycles. The summed E-state index contributed by atoms with van der Waals surface area (Å²) in [7, 11) is 0. The van der Waals surface area contributed by atoms with E-state index in [9.17, 15) is 14.5 Å². The molecular formula is C20H29Cl2N3O3S. The number of amides is 1. The van der Waals surface area contributed by atoms with Crippen LogP contribution in [0.5, 0.6) is 5.75 Å². The number of phenols is 1. The Morgan fingerprint density at radius 3 is 2.48 bits per heavy atom. The van der Waals surface area contributed by atoms with E-state index in [1.54, 1.807) is 6.07 Å². The maximum atomic E-state index is 12.1. The Kier molecular flexibility index (Phi) is 7.29. The number of hydrogen-bond donors (Lipinski definition) is 3. The van der Waals surface area contributed by atoms with Crippen LogP contribution in [0.1, 0.15) is 51.0 Å². The minimum Gasteiger partial charge on any atom is -0.598 e. The number of carbonyl (C=O) groups is 1. The molecule has 2 aliphatic rings. The van der Waals surface area contributed by atoms with E-state index in [-0.39, 0.29) is 29.5 Å². The summed E-state index contributed by atoms with van der Waals surface area (Å²) in [6.07, 6.45) is 3.15. The van der Waals surface area contributed by atoms with Crippen molar-refractivity contribution < 1.29 is 14.5 Å². The Balaban J connectivity index is 1.82. The van der Waals surface area contributed by atoms with Crippen molar-refractivity contribution in [2.24, 2.45) is 11.1 Å². The summed E-state index contributed by atoms with van der Waals surface area (Å²) in [5, 5.41) is 19.9. The van der Waals surface area contributed by atoms with E-state index >= 15 is 0 Å². The van der Waals surface area contributed by atoms with Gasteiger partial charge in [-0.15, -0.1) is 0 Å². The summed E-state index contributed by atoms with van der Waals surface area (Å²) in [4.78, 5) is 14.3. The monoisotopic (exact) mass is 461 g/mol.